The van der Waals surface area contributed by atoms with Gasteiger partial charge in [-0.2, -0.15) is 0 Å². The van der Waals surface area contributed by atoms with E-state index in [2.05, 4.69) is 17.4 Å². The molecule has 1 heterocycles. The maximum Gasteiger partial charge on any atom is 0.119 e. The molecule has 1 aliphatic heterocycles. The van der Waals surface area contributed by atoms with Gasteiger partial charge in [-0.05, 0) is 87.2 Å². The Morgan fingerprint density at radius 3 is 2.52 bits per heavy atom. The molecule has 1 fully saturated rings. The van der Waals surface area contributed by atoms with E-state index in [0.29, 0.717) is 11.4 Å². The number of rotatable bonds is 8. The largest absolute Gasteiger partial charge is 0.494 e. The van der Waals surface area contributed by atoms with E-state index in [-0.39, 0.29) is 0 Å². The average Bonchev–Trinajstić information content (AvgIpc) is 3.13. The SMILES string of the molecule is Nc1ccc(Sc2ccc(OCCCCC3CCNC3)cc2)cc1N. The fraction of sp³-hybridized carbons (Fsp3) is 0.400. The van der Waals surface area contributed by atoms with Gasteiger partial charge in [0.2, 0.25) is 0 Å². The van der Waals surface area contributed by atoms with Crippen molar-refractivity contribution >= 4 is 23.1 Å². The van der Waals surface area contributed by atoms with Crippen LogP contribution < -0.4 is 21.5 Å². The molecule has 2 aromatic rings. The summed E-state index contributed by atoms with van der Waals surface area (Å²) in [6, 6.07) is 14.0. The number of ether oxygens (including phenoxy) is 1. The summed E-state index contributed by atoms with van der Waals surface area (Å²) < 4.78 is 5.85. The number of nitrogens with two attached hydrogens (primary N) is 2. The third-order valence-electron chi connectivity index (χ3n) is 4.56. The third-order valence-corrected chi connectivity index (χ3v) is 5.55. The topological polar surface area (TPSA) is 73.3 Å². The van der Waals surface area contributed by atoms with Crippen molar-refractivity contribution < 1.29 is 4.74 Å². The highest BCUT2D eigenvalue weighted by Gasteiger charge is 2.13. The van der Waals surface area contributed by atoms with E-state index in [9.17, 15) is 0 Å². The number of hydrogen-bond acceptors (Lipinski definition) is 5. The van der Waals surface area contributed by atoms with E-state index >= 15 is 0 Å². The Hall–Kier alpha value is -1.85. The van der Waals surface area contributed by atoms with Crippen molar-refractivity contribution in [2.24, 2.45) is 5.92 Å². The molecular formula is C20H27N3OS. The van der Waals surface area contributed by atoms with Crippen molar-refractivity contribution in [3.8, 4) is 5.75 Å². The molecule has 1 unspecified atom stereocenters. The second-order valence-corrected chi connectivity index (χ2v) is 7.71. The Kier molecular flexibility index (Phi) is 6.48. The highest BCUT2D eigenvalue weighted by molar-refractivity contribution is 7.99. The van der Waals surface area contributed by atoms with E-state index in [4.69, 9.17) is 16.2 Å². The minimum Gasteiger partial charge on any atom is -0.494 e. The predicted molar refractivity (Wildman–Crippen MR) is 106 cm³/mol. The van der Waals surface area contributed by atoms with Crippen molar-refractivity contribution in [2.45, 2.75) is 35.5 Å². The molecule has 4 nitrogen and oxygen atoms in total. The molecule has 0 aromatic heterocycles. The number of anilines is 2. The summed E-state index contributed by atoms with van der Waals surface area (Å²) in [5.74, 6) is 1.81. The van der Waals surface area contributed by atoms with Crippen LogP contribution in [0.3, 0.4) is 0 Å². The van der Waals surface area contributed by atoms with Gasteiger partial charge in [0.15, 0.2) is 0 Å². The molecule has 2 aromatic carbocycles. The van der Waals surface area contributed by atoms with Crippen LogP contribution in [0.1, 0.15) is 25.7 Å². The molecule has 3 rings (SSSR count). The minimum atomic E-state index is 0.622. The zero-order valence-corrected chi connectivity index (χ0v) is 15.4. The summed E-state index contributed by atoms with van der Waals surface area (Å²) >= 11 is 1.67. The average molecular weight is 358 g/mol. The van der Waals surface area contributed by atoms with E-state index in [1.54, 1.807) is 11.8 Å². The molecule has 5 N–H and O–H groups in total. The summed E-state index contributed by atoms with van der Waals surface area (Å²) in [6.45, 7) is 3.18. The molecular weight excluding hydrogens is 330 g/mol. The first-order valence-electron chi connectivity index (χ1n) is 8.97. The number of benzene rings is 2. The fourth-order valence-electron chi connectivity index (χ4n) is 3.04. The lowest BCUT2D eigenvalue weighted by molar-refractivity contribution is 0.300. The first kappa shape index (κ1) is 18.0. The van der Waals surface area contributed by atoms with Crippen LogP contribution in [0.25, 0.3) is 0 Å². The normalized spacial score (nSPS) is 16.9. The van der Waals surface area contributed by atoms with Crippen LogP contribution in [0.5, 0.6) is 5.75 Å². The Morgan fingerprint density at radius 1 is 1.00 bits per heavy atom. The highest BCUT2D eigenvalue weighted by Crippen LogP contribution is 2.31. The predicted octanol–water partition coefficient (Wildman–Crippen LogP) is 4.16. The second kappa shape index (κ2) is 9.02. The Morgan fingerprint density at radius 2 is 1.80 bits per heavy atom. The lowest BCUT2D eigenvalue weighted by Crippen LogP contribution is -2.09. The molecule has 25 heavy (non-hydrogen) atoms. The van der Waals surface area contributed by atoms with Gasteiger partial charge in [-0.25, -0.2) is 0 Å². The molecule has 134 valence electrons. The van der Waals surface area contributed by atoms with Crippen molar-refractivity contribution in [2.75, 3.05) is 31.2 Å². The quantitative estimate of drug-likeness (QED) is 0.489. The number of hydrogen-bond donors (Lipinski definition) is 3. The zero-order valence-electron chi connectivity index (χ0n) is 14.5. The third kappa shape index (κ3) is 5.58. The van der Waals surface area contributed by atoms with Crippen molar-refractivity contribution in [1.82, 2.24) is 5.32 Å². The van der Waals surface area contributed by atoms with Gasteiger partial charge < -0.3 is 21.5 Å². The Bertz CT molecular complexity index is 669. The molecule has 0 aliphatic carbocycles. The summed E-state index contributed by atoms with van der Waals surface area (Å²) in [5.41, 5.74) is 12.9. The van der Waals surface area contributed by atoms with Crippen molar-refractivity contribution in [3.63, 3.8) is 0 Å². The molecule has 1 aliphatic rings. The van der Waals surface area contributed by atoms with Gasteiger partial charge in [0.25, 0.3) is 0 Å². The van der Waals surface area contributed by atoms with Crippen LogP contribution in [-0.4, -0.2) is 19.7 Å². The van der Waals surface area contributed by atoms with Gasteiger partial charge in [0.1, 0.15) is 5.75 Å². The molecule has 0 radical (unpaired) electrons. The molecule has 0 bridgehead atoms. The standard InChI is InChI=1S/C20H27N3OS/c21-19-9-8-18(13-20(19)22)25-17-6-4-16(5-7-17)24-12-2-1-3-15-10-11-23-14-15/h4-9,13,15,23H,1-3,10-12,14,21-22H2. The summed E-state index contributed by atoms with van der Waals surface area (Å²) in [7, 11) is 0. The van der Waals surface area contributed by atoms with Crippen LogP contribution in [0.2, 0.25) is 0 Å². The van der Waals surface area contributed by atoms with Gasteiger partial charge >= 0.3 is 0 Å². The summed E-state index contributed by atoms with van der Waals surface area (Å²) in [6.07, 6.45) is 5.02. The van der Waals surface area contributed by atoms with Crippen LogP contribution in [0.4, 0.5) is 11.4 Å². The molecule has 1 atom stereocenters. The maximum atomic E-state index is 5.86. The molecule has 1 saturated heterocycles. The zero-order chi connectivity index (χ0) is 17.5. The molecule has 5 heteroatoms. The highest BCUT2D eigenvalue weighted by atomic mass is 32.2. The van der Waals surface area contributed by atoms with Crippen LogP contribution in [-0.2, 0) is 0 Å². The Labute approximate surface area is 154 Å². The molecule has 0 spiro atoms. The fourth-order valence-corrected chi connectivity index (χ4v) is 3.91. The maximum absolute atomic E-state index is 5.86. The number of unbranched alkanes of at least 4 members (excludes halogenated alkanes) is 1. The smallest absolute Gasteiger partial charge is 0.119 e. The molecule has 0 saturated carbocycles. The van der Waals surface area contributed by atoms with Gasteiger partial charge in [0, 0.05) is 9.79 Å². The summed E-state index contributed by atoms with van der Waals surface area (Å²) in [4.78, 5) is 2.24. The number of nitrogen functional groups attached to an aromatic ring is 2. The minimum absolute atomic E-state index is 0.622. The van der Waals surface area contributed by atoms with Gasteiger partial charge in [0.05, 0.1) is 18.0 Å². The lowest BCUT2D eigenvalue weighted by Gasteiger charge is -2.09. The van der Waals surface area contributed by atoms with E-state index < -0.39 is 0 Å². The van der Waals surface area contributed by atoms with E-state index in [1.165, 1.54) is 32.4 Å². The van der Waals surface area contributed by atoms with Gasteiger partial charge in [-0.3, -0.25) is 0 Å². The Balaban J connectivity index is 1.40. The summed E-state index contributed by atoms with van der Waals surface area (Å²) in [5, 5.41) is 3.42. The monoisotopic (exact) mass is 357 g/mol. The van der Waals surface area contributed by atoms with Crippen LogP contribution in [0, 0.1) is 5.92 Å². The second-order valence-electron chi connectivity index (χ2n) is 6.57. The van der Waals surface area contributed by atoms with E-state index in [1.807, 2.05) is 30.3 Å². The van der Waals surface area contributed by atoms with Crippen LogP contribution in [0.15, 0.2) is 52.3 Å². The first-order chi connectivity index (χ1) is 12.2. The van der Waals surface area contributed by atoms with Gasteiger partial charge in [-0.1, -0.05) is 11.8 Å². The first-order valence-corrected chi connectivity index (χ1v) is 9.79. The molecule has 0 amide bonds. The van der Waals surface area contributed by atoms with Crippen molar-refractivity contribution in [3.05, 3.63) is 42.5 Å². The van der Waals surface area contributed by atoms with Crippen molar-refractivity contribution in [1.29, 1.82) is 0 Å². The van der Waals surface area contributed by atoms with Crippen LogP contribution >= 0.6 is 11.8 Å². The van der Waals surface area contributed by atoms with Gasteiger partial charge in [-0.15, -0.1) is 0 Å². The number of nitrogens with one attached hydrogen (secondary N) is 1. The lowest BCUT2D eigenvalue weighted by atomic mass is 10.0. The van der Waals surface area contributed by atoms with E-state index in [0.717, 1.165) is 34.5 Å².